The Morgan fingerprint density at radius 1 is 1.00 bits per heavy atom. The number of aromatic nitrogens is 1. The summed E-state index contributed by atoms with van der Waals surface area (Å²) in [5.74, 6) is 0.0785. The van der Waals surface area contributed by atoms with E-state index in [9.17, 15) is 13.2 Å². The molecule has 6 nitrogen and oxygen atoms in total. The third-order valence-corrected chi connectivity index (χ3v) is 8.94. The van der Waals surface area contributed by atoms with E-state index in [4.69, 9.17) is 4.98 Å². The van der Waals surface area contributed by atoms with E-state index in [1.807, 2.05) is 23.1 Å². The summed E-state index contributed by atoms with van der Waals surface area (Å²) in [6, 6.07) is 16.9. The maximum absolute atomic E-state index is 12.8. The monoisotopic (exact) mass is 483 g/mol. The van der Waals surface area contributed by atoms with Crippen molar-refractivity contribution in [2.75, 3.05) is 26.2 Å². The van der Waals surface area contributed by atoms with E-state index in [0.717, 1.165) is 41.5 Å². The SMILES string of the molecule is CC(C)S(=O)(=O)c1ccc(CC(=O)N2CCN(Cc3nc(-c4ccccc4)cs3)CC2)cc1. The highest BCUT2D eigenvalue weighted by Crippen LogP contribution is 2.23. The van der Waals surface area contributed by atoms with Crippen molar-refractivity contribution in [2.24, 2.45) is 0 Å². The zero-order chi connectivity index (χ0) is 23.4. The van der Waals surface area contributed by atoms with Crippen LogP contribution in [0.3, 0.4) is 0 Å². The molecular formula is C25H29N3O3S2. The molecule has 0 aliphatic carbocycles. The molecule has 174 valence electrons. The topological polar surface area (TPSA) is 70.6 Å². The van der Waals surface area contributed by atoms with Crippen LogP contribution in [0.5, 0.6) is 0 Å². The molecule has 33 heavy (non-hydrogen) atoms. The van der Waals surface area contributed by atoms with Gasteiger partial charge in [0, 0.05) is 37.1 Å². The van der Waals surface area contributed by atoms with E-state index in [1.54, 1.807) is 49.4 Å². The molecule has 0 radical (unpaired) electrons. The second kappa shape index (κ2) is 10.2. The Hall–Kier alpha value is -2.55. The van der Waals surface area contributed by atoms with Crippen LogP contribution in [-0.4, -0.2) is 60.5 Å². The van der Waals surface area contributed by atoms with Gasteiger partial charge in [-0.05, 0) is 31.5 Å². The van der Waals surface area contributed by atoms with Crippen molar-refractivity contribution in [1.29, 1.82) is 0 Å². The largest absolute Gasteiger partial charge is 0.340 e. The molecule has 0 spiro atoms. The molecule has 3 aromatic rings. The number of piperazine rings is 1. The Morgan fingerprint density at radius 3 is 2.30 bits per heavy atom. The number of benzene rings is 2. The average molecular weight is 484 g/mol. The predicted molar refractivity (Wildman–Crippen MR) is 132 cm³/mol. The highest BCUT2D eigenvalue weighted by atomic mass is 32.2. The smallest absolute Gasteiger partial charge is 0.227 e. The van der Waals surface area contributed by atoms with Gasteiger partial charge in [0.15, 0.2) is 9.84 Å². The van der Waals surface area contributed by atoms with Crippen LogP contribution in [0.4, 0.5) is 0 Å². The van der Waals surface area contributed by atoms with Gasteiger partial charge in [-0.2, -0.15) is 0 Å². The van der Waals surface area contributed by atoms with Gasteiger partial charge in [0.2, 0.25) is 5.91 Å². The molecule has 1 aliphatic heterocycles. The van der Waals surface area contributed by atoms with Crippen LogP contribution in [-0.2, 0) is 27.6 Å². The number of hydrogen-bond donors (Lipinski definition) is 0. The number of carbonyl (C=O) groups is 1. The first-order valence-corrected chi connectivity index (χ1v) is 13.6. The first kappa shape index (κ1) is 23.6. The third-order valence-electron chi connectivity index (χ3n) is 5.93. The molecular weight excluding hydrogens is 454 g/mol. The minimum Gasteiger partial charge on any atom is -0.340 e. The normalized spacial score (nSPS) is 15.2. The molecule has 0 N–H and O–H groups in total. The van der Waals surface area contributed by atoms with Crippen molar-refractivity contribution < 1.29 is 13.2 Å². The van der Waals surface area contributed by atoms with E-state index < -0.39 is 15.1 Å². The Kier molecular flexibility index (Phi) is 7.26. The van der Waals surface area contributed by atoms with Gasteiger partial charge in [0.25, 0.3) is 0 Å². The lowest BCUT2D eigenvalue weighted by Gasteiger charge is -2.34. The maximum Gasteiger partial charge on any atom is 0.227 e. The molecule has 2 aromatic carbocycles. The zero-order valence-electron chi connectivity index (χ0n) is 19.0. The summed E-state index contributed by atoms with van der Waals surface area (Å²) in [4.78, 5) is 22.1. The molecule has 0 unspecified atom stereocenters. The molecule has 1 aliphatic rings. The van der Waals surface area contributed by atoms with Gasteiger partial charge >= 0.3 is 0 Å². The fourth-order valence-corrected chi connectivity index (χ4v) is 5.73. The summed E-state index contributed by atoms with van der Waals surface area (Å²) >= 11 is 1.68. The summed E-state index contributed by atoms with van der Waals surface area (Å²) in [5.41, 5.74) is 2.98. The van der Waals surface area contributed by atoms with Crippen molar-refractivity contribution in [3.63, 3.8) is 0 Å². The first-order chi connectivity index (χ1) is 15.8. The fraction of sp³-hybridized carbons (Fsp3) is 0.360. The summed E-state index contributed by atoms with van der Waals surface area (Å²) in [7, 11) is -3.29. The van der Waals surface area contributed by atoms with Crippen LogP contribution in [0, 0.1) is 0 Å². The quantitative estimate of drug-likeness (QED) is 0.510. The third kappa shape index (κ3) is 5.69. The second-order valence-electron chi connectivity index (χ2n) is 8.56. The molecule has 1 amide bonds. The lowest BCUT2D eigenvalue weighted by Crippen LogP contribution is -2.48. The highest BCUT2D eigenvalue weighted by molar-refractivity contribution is 7.92. The van der Waals surface area contributed by atoms with Crippen LogP contribution in [0.25, 0.3) is 11.3 Å². The van der Waals surface area contributed by atoms with Gasteiger partial charge in [-0.25, -0.2) is 13.4 Å². The molecule has 1 saturated heterocycles. The summed E-state index contributed by atoms with van der Waals surface area (Å²) in [5, 5.41) is 2.72. The lowest BCUT2D eigenvalue weighted by molar-refractivity contribution is -0.132. The van der Waals surface area contributed by atoms with Crippen LogP contribution in [0.15, 0.2) is 64.9 Å². The van der Waals surface area contributed by atoms with Crippen LogP contribution < -0.4 is 0 Å². The van der Waals surface area contributed by atoms with Crippen molar-refractivity contribution >= 4 is 27.1 Å². The molecule has 0 saturated carbocycles. The average Bonchev–Trinajstić information content (AvgIpc) is 3.29. The Balaban J connectivity index is 1.28. The Bertz CT molecular complexity index is 1180. The standard InChI is InChI=1S/C25H29N3O3S2/c1-19(2)33(30,31)22-10-8-20(9-11-22)16-25(29)28-14-12-27(13-15-28)17-24-26-23(18-32-24)21-6-4-3-5-7-21/h3-11,18-19H,12-17H2,1-2H3. The van der Waals surface area contributed by atoms with Gasteiger partial charge < -0.3 is 4.90 Å². The number of hydrogen-bond acceptors (Lipinski definition) is 6. The molecule has 1 aromatic heterocycles. The minimum absolute atomic E-state index is 0.0785. The minimum atomic E-state index is -3.29. The molecule has 0 bridgehead atoms. The molecule has 0 atom stereocenters. The van der Waals surface area contributed by atoms with Gasteiger partial charge in [-0.15, -0.1) is 11.3 Å². The zero-order valence-corrected chi connectivity index (χ0v) is 20.6. The van der Waals surface area contributed by atoms with E-state index >= 15 is 0 Å². The van der Waals surface area contributed by atoms with E-state index in [-0.39, 0.29) is 12.3 Å². The van der Waals surface area contributed by atoms with Crippen LogP contribution in [0.1, 0.15) is 24.4 Å². The number of amides is 1. The number of thiazole rings is 1. The highest BCUT2D eigenvalue weighted by Gasteiger charge is 2.23. The van der Waals surface area contributed by atoms with Gasteiger partial charge in [0.05, 0.1) is 28.8 Å². The van der Waals surface area contributed by atoms with Gasteiger partial charge in [-0.3, -0.25) is 9.69 Å². The molecule has 2 heterocycles. The van der Waals surface area contributed by atoms with Crippen molar-refractivity contribution in [1.82, 2.24) is 14.8 Å². The Morgan fingerprint density at radius 2 is 1.67 bits per heavy atom. The molecule has 4 rings (SSSR count). The Labute approximate surface area is 199 Å². The number of rotatable bonds is 7. The first-order valence-electron chi connectivity index (χ1n) is 11.2. The van der Waals surface area contributed by atoms with E-state index in [1.165, 1.54) is 0 Å². The fourth-order valence-electron chi connectivity index (χ4n) is 3.83. The maximum atomic E-state index is 12.8. The van der Waals surface area contributed by atoms with Gasteiger partial charge in [-0.1, -0.05) is 42.5 Å². The summed E-state index contributed by atoms with van der Waals surface area (Å²) in [6.45, 7) is 7.15. The van der Waals surface area contributed by atoms with Crippen molar-refractivity contribution in [2.45, 2.75) is 37.0 Å². The number of nitrogens with zero attached hydrogens (tertiary/aromatic N) is 3. The summed E-state index contributed by atoms with van der Waals surface area (Å²) < 4.78 is 24.5. The molecule has 8 heteroatoms. The lowest BCUT2D eigenvalue weighted by atomic mass is 10.1. The molecule has 1 fully saturated rings. The van der Waals surface area contributed by atoms with Gasteiger partial charge in [0.1, 0.15) is 5.01 Å². The van der Waals surface area contributed by atoms with Crippen molar-refractivity contribution in [3.05, 3.63) is 70.5 Å². The number of sulfone groups is 1. The van der Waals surface area contributed by atoms with E-state index in [2.05, 4.69) is 22.4 Å². The van der Waals surface area contributed by atoms with Crippen molar-refractivity contribution in [3.8, 4) is 11.3 Å². The van der Waals surface area contributed by atoms with Crippen LogP contribution in [0.2, 0.25) is 0 Å². The summed E-state index contributed by atoms with van der Waals surface area (Å²) in [6.07, 6.45) is 0.287. The second-order valence-corrected chi connectivity index (χ2v) is 12.0. The van der Waals surface area contributed by atoms with E-state index in [0.29, 0.717) is 18.0 Å². The predicted octanol–water partition coefficient (Wildman–Crippen LogP) is 3.88. The van der Waals surface area contributed by atoms with Crippen LogP contribution >= 0.6 is 11.3 Å². The number of carbonyl (C=O) groups excluding carboxylic acids is 1.